The van der Waals surface area contributed by atoms with Crippen LogP contribution in [-0.2, 0) is 17.6 Å². The van der Waals surface area contributed by atoms with Crippen molar-refractivity contribution < 1.29 is 4.79 Å². The van der Waals surface area contributed by atoms with Gasteiger partial charge in [0.25, 0.3) is 0 Å². The summed E-state index contributed by atoms with van der Waals surface area (Å²) in [5.74, 6) is 1.39. The fraction of sp³-hybridized carbons (Fsp3) is 0.526. The molecule has 1 aliphatic heterocycles. The Bertz CT molecular complexity index is 652. The quantitative estimate of drug-likeness (QED) is 0.820. The average molecular weight is 326 g/mol. The zero-order chi connectivity index (χ0) is 16.8. The highest BCUT2D eigenvalue weighted by molar-refractivity contribution is 5.76. The summed E-state index contributed by atoms with van der Waals surface area (Å²) in [6.07, 6.45) is 11.2. The first kappa shape index (κ1) is 16.7. The number of pyridine rings is 1. The highest BCUT2D eigenvalue weighted by Crippen LogP contribution is 2.23. The van der Waals surface area contributed by atoms with Crippen molar-refractivity contribution in [1.29, 1.82) is 0 Å². The van der Waals surface area contributed by atoms with Gasteiger partial charge in [-0.25, -0.2) is 4.98 Å². The first-order valence-corrected chi connectivity index (χ1v) is 8.97. The molecule has 24 heavy (non-hydrogen) atoms. The molecule has 128 valence electrons. The Labute approximate surface area is 143 Å². The summed E-state index contributed by atoms with van der Waals surface area (Å²) in [4.78, 5) is 23.3. The predicted octanol–water partition coefficient (Wildman–Crippen LogP) is 3.03. The van der Waals surface area contributed by atoms with Gasteiger partial charge < -0.3 is 9.47 Å². The Balaban J connectivity index is 1.51. The molecule has 5 nitrogen and oxygen atoms in total. The molecule has 2 aromatic rings. The van der Waals surface area contributed by atoms with Gasteiger partial charge in [0.15, 0.2) is 0 Å². The Morgan fingerprint density at radius 1 is 1.29 bits per heavy atom. The van der Waals surface area contributed by atoms with Crippen molar-refractivity contribution in [2.45, 2.75) is 51.5 Å². The van der Waals surface area contributed by atoms with Gasteiger partial charge >= 0.3 is 0 Å². The minimum absolute atomic E-state index is 0.272. The van der Waals surface area contributed by atoms with Gasteiger partial charge in [-0.05, 0) is 37.8 Å². The Morgan fingerprint density at radius 2 is 2.21 bits per heavy atom. The zero-order valence-corrected chi connectivity index (χ0v) is 14.4. The van der Waals surface area contributed by atoms with Crippen LogP contribution in [0.25, 0.3) is 0 Å². The maximum absolute atomic E-state index is 12.5. The van der Waals surface area contributed by atoms with Crippen molar-refractivity contribution in [2.24, 2.45) is 0 Å². The first-order valence-electron chi connectivity index (χ1n) is 8.97. The van der Waals surface area contributed by atoms with Gasteiger partial charge in [0, 0.05) is 50.2 Å². The number of nitrogens with zero attached hydrogens (tertiary/aromatic N) is 4. The van der Waals surface area contributed by atoms with E-state index >= 15 is 0 Å². The lowest BCUT2D eigenvalue weighted by Crippen LogP contribution is -2.40. The van der Waals surface area contributed by atoms with Crippen LogP contribution in [0.3, 0.4) is 0 Å². The van der Waals surface area contributed by atoms with Crippen molar-refractivity contribution in [1.82, 2.24) is 19.4 Å². The molecular weight excluding hydrogens is 300 g/mol. The van der Waals surface area contributed by atoms with Gasteiger partial charge in [0.1, 0.15) is 5.82 Å². The molecule has 5 heteroatoms. The number of hydrogen-bond acceptors (Lipinski definition) is 3. The molecule has 1 saturated heterocycles. The van der Waals surface area contributed by atoms with Crippen molar-refractivity contribution in [2.75, 3.05) is 13.1 Å². The van der Waals surface area contributed by atoms with Crippen molar-refractivity contribution in [3.63, 3.8) is 0 Å². The monoisotopic (exact) mass is 326 g/mol. The van der Waals surface area contributed by atoms with E-state index in [9.17, 15) is 4.79 Å². The van der Waals surface area contributed by atoms with Crippen LogP contribution in [0.1, 0.15) is 50.2 Å². The fourth-order valence-electron chi connectivity index (χ4n) is 3.48. The highest BCUT2D eigenvalue weighted by Gasteiger charge is 2.25. The number of likely N-dealkylation sites (tertiary alicyclic amines) is 1. The number of rotatable bonds is 6. The number of imidazole rings is 1. The number of aromatic nitrogens is 3. The molecule has 0 bridgehead atoms. The van der Waals surface area contributed by atoms with Gasteiger partial charge in [-0.3, -0.25) is 9.78 Å². The van der Waals surface area contributed by atoms with Crippen LogP contribution in [0.5, 0.6) is 0 Å². The van der Waals surface area contributed by atoms with Crippen LogP contribution < -0.4 is 0 Å². The lowest BCUT2D eigenvalue weighted by molar-refractivity contribution is -0.132. The maximum Gasteiger partial charge on any atom is 0.222 e. The molecule has 1 unspecified atom stereocenters. The Hall–Kier alpha value is -2.17. The molecule has 1 atom stereocenters. The number of carbonyl (C=O) groups excluding carboxylic acids is 1. The molecule has 1 fully saturated rings. The average Bonchev–Trinajstić information content (AvgIpc) is 3.11. The number of hydrogen-bond donors (Lipinski definition) is 0. The third kappa shape index (κ3) is 4.02. The van der Waals surface area contributed by atoms with E-state index < -0.39 is 0 Å². The molecule has 1 amide bonds. The van der Waals surface area contributed by atoms with Gasteiger partial charge in [-0.15, -0.1) is 0 Å². The van der Waals surface area contributed by atoms with E-state index in [1.54, 1.807) is 0 Å². The van der Waals surface area contributed by atoms with Crippen LogP contribution in [0.15, 0.2) is 36.8 Å². The summed E-state index contributed by atoms with van der Waals surface area (Å²) in [7, 11) is 0. The van der Waals surface area contributed by atoms with E-state index in [1.807, 2.05) is 35.5 Å². The third-order valence-corrected chi connectivity index (χ3v) is 4.76. The van der Waals surface area contributed by atoms with E-state index in [-0.39, 0.29) is 5.91 Å². The minimum Gasteiger partial charge on any atom is -0.341 e. The van der Waals surface area contributed by atoms with Crippen molar-refractivity contribution in [3.05, 3.63) is 48.3 Å². The van der Waals surface area contributed by atoms with Gasteiger partial charge in [0.2, 0.25) is 5.91 Å². The van der Waals surface area contributed by atoms with Crippen LogP contribution in [0.2, 0.25) is 0 Å². The van der Waals surface area contributed by atoms with Crippen molar-refractivity contribution >= 4 is 5.91 Å². The summed E-state index contributed by atoms with van der Waals surface area (Å²) < 4.78 is 2.26. The van der Waals surface area contributed by atoms with Crippen LogP contribution in [0.4, 0.5) is 0 Å². The van der Waals surface area contributed by atoms with Crippen molar-refractivity contribution in [3.8, 4) is 0 Å². The molecular formula is C19H26N4O. The van der Waals surface area contributed by atoms with E-state index in [2.05, 4.69) is 27.7 Å². The van der Waals surface area contributed by atoms with E-state index in [4.69, 9.17) is 0 Å². The molecule has 0 spiro atoms. The molecule has 0 radical (unpaired) electrons. The van der Waals surface area contributed by atoms with Crippen LogP contribution in [0, 0.1) is 0 Å². The number of amides is 1. The Kier molecular flexibility index (Phi) is 5.62. The largest absolute Gasteiger partial charge is 0.341 e. The molecule has 0 saturated carbocycles. The maximum atomic E-state index is 12.5. The summed E-state index contributed by atoms with van der Waals surface area (Å²) in [6, 6.07) is 6.31. The molecule has 0 aliphatic carbocycles. The zero-order valence-electron chi connectivity index (χ0n) is 14.4. The van der Waals surface area contributed by atoms with Gasteiger partial charge in [-0.2, -0.15) is 0 Å². The van der Waals surface area contributed by atoms with E-state index in [0.29, 0.717) is 12.5 Å². The Morgan fingerprint density at radius 3 is 3.00 bits per heavy atom. The minimum atomic E-state index is 0.272. The molecule has 3 heterocycles. The van der Waals surface area contributed by atoms with E-state index in [1.165, 1.54) is 0 Å². The number of piperidine rings is 1. The summed E-state index contributed by atoms with van der Waals surface area (Å²) in [5.41, 5.74) is 1.06. The number of aryl methyl sites for hydroxylation is 2. The standard InChI is InChI=1S/C19H26N4O/c1-2-18-21-12-14-23(18)17-9-6-13-22(15-17)19(24)10-5-8-16-7-3-4-11-20-16/h3-4,7,11-12,14,17H,2,5-6,8-10,13,15H2,1H3. The molecule has 1 aliphatic rings. The lowest BCUT2D eigenvalue weighted by Gasteiger charge is -2.34. The predicted molar refractivity (Wildman–Crippen MR) is 93.6 cm³/mol. The SMILES string of the molecule is CCc1nccn1C1CCCN(C(=O)CCCc2ccccn2)C1. The second-order valence-electron chi connectivity index (χ2n) is 6.41. The summed E-state index contributed by atoms with van der Waals surface area (Å²) in [6.45, 7) is 3.82. The third-order valence-electron chi connectivity index (χ3n) is 4.76. The highest BCUT2D eigenvalue weighted by atomic mass is 16.2. The topological polar surface area (TPSA) is 51.0 Å². The van der Waals surface area contributed by atoms with Gasteiger partial charge in [0.05, 0.1) is 6.04 Å². The molecule has 0 aromatic carbocycles. The first-order chi connectivity index (χ1) is 11.8. The summed E-state index contributed by atoms with van der Waals surface area (Å²) in [5, 5.41) is 0. The van der Waals surface area contributed by atoms with Crippen LogP contribution in [-0.4, -0.2) is 38.4 Å². The molecule has 3 rings (SSSR count). The second-order valence-corrected chi connectivity index (χ2v) is 6.41. The summed E-state index contributed by atoms with van der Waals surface area (Å²) >= 11 is 0. The van der Waals surface area contributed by atoms with Gasteiger partial charge in [-0.1, -0.05) is 13.0 Å². The second kappa shape index (κ2) is 8.08. The number of carbonyl (C=O) groups is 1. The smallest absolute Gasteiger partial charge is 0.222 e. The van der Waals surface area contributed by atoms with E-state index in [0.717, 1.165) is 56.7 Å². The fourth-order valence-corrected chi connectivity index (χ4v) is 3.48. The van der Waals surface area contributed by atoms with Crippen LogP contribution >= 0.6 is 0 Å². The normalized spacial score (nSPS) is 17.9. The molecule has 0 N–H and O–H groups in total. The molecule has 2 aromatic heterocycles. The lowest BCUT2D eigenvalue weighted by atomic mass is 10.0.